The zero-order chi connectivity index (χ0) is 45.0. The Morgan fingerprint density at radius 3 is 0.750 bits per heavy atom. The Labute approximate surface area is 402 Å². The number of carbonyl (C=O) groups is 8. The molecule has 334 valence electrons. The first kappa shape index (κ1) is 71.7. The Balaban J connectivity index is -0.000000100. The van der Waals surface area contributed by atoms with Gasteiger partial charge in [0.1, 0.15) is 0 Å². The van der Waals surface area contributed by atoms with Crippen LogP contribution < -0.4 is 0 Å². The number of hydrogen-bond acceptors (Lipinski definition) is 8. The molecule has 0 fully saturated rings. The van der Waals surface area contributed by atoms with Crippen molar-refractivity contribution in [3.8, 4) is 0 Å². The van der Waals surface area contributed by atoms with Crippen molar-refractivity contribution >= 4 is 190 Å². The topological polar surface area (TPSA) is 137 Å². The summed E-state index contributed by atoms with van der Waals surface area (Å²) in [5.41, 5.74) is 0. The van der Waals surface area contributed by atoms with E-state index in [1.54, 1.807) is 0 Å². The van der Waals surface area contributed by atoms with Gasteiger partial charge in [0.2, 0.25) is 41.9 Å². The molecule has 0 radical (unpaired) electrons. The van der Waals surface area contributed by atoms with Gasteiger partial charge < -0.3 is 0 Å². The van der Waals surface area contributed by atoms with E-state index in [0.29, 0.717) is 82.4 Å². The molecule has 0 aliphatic carbocycles. The van der Waals surface area contributed by atoms with Gasteiger partial charge >= 0.3 is 0 Å². The Morgan fingerprint density at radius 2 is 0.536 bits per heavy atom. The lowest BCUT2D eigenvalue weighted by Crippen LogP contribution is -1.89. The Kier molecular flexibility index (Phi) is 83.7. The number of carbonyl (C=O) groups excluding carboxylic acids is 8. The molecule has 0 aliphatic heterocycles. The molecule has 0 saturated heterocycles. The number of halogens is 12. The van der Waals surface area contributed by atoms with Crippen molar-refractivity contribution in [1.82, 2.24) is 0 Å². The number of unbranched alkanes of at least 4 members (excludes halogenated alkanes) is 7. The van der Waals surface area contributed by atoms with E-state index < -0.39 is 0 Å². The highest BCUT2D eigenvalue weighted by Crippen LogP contribution is 2.05. The third-order valence-corrected chi connectivity index (χ3v) is 8.65. The van der Waals surface area contributed by atoms with Gasteiger partial charge in [-0.3, -0.25) is 38.4 Å². The van der Waals surface area contributed by atoms with Crippen LogP contribution in [0.1, 0.15) is 155 Å². The van der Waals surface area contributed by atoms with Crippen molar-refractivity contribution < 1.29 is 38.4 Å². The minimum Gasteiger partial charge on any atom is -0.281 e. The average Bonchev–Trinajstić information content (AvgIpc) is 3.10. The van der Waals surface area contributed by atoms with Crippen LogP contribution in [0.5, 0.6) is 0 Å². The van der Waals surface area contributed by atoms with E-state index in [1.165, 1.54) is 0 Å². The first-order chi connectivity index (χ1) is 26.2. The monoisotopic (exact) mass is 1130 g/mol. The second-order valence-corrected chi connectivity index (χ2v) is 16.6. The lowest BCUT2D eigenvalue weighted by molar-refractivity contribution is -0.113. The predicted molar refractivity (Wildman–Crippen MR) is 249 cm³/mol. The van der Waals surface area contributed by atoms with Crippen LogP contribution in [-0.2, 0) is 38.4 Å². The first-order valence-corrected chi connectivity index (χ1v) is 24.3. The van der Waals surface area contributed by atoms with Crippen LogP contribution in [0, 0.1) is 0 Å². The van der Waals surface area contributed by atoms with Crippen LogP contribution in [0.2, 0.25) is 0 Å². The second-order valence-electron chi connectivity index (χ2n) is 10.8. The fourth-order valence-corrected chi connectivity index (χ4v) is 4.73. The second kappa shape index (κ2) is 65.3. The molecule has 0 heterocycles. The highest BCUT2D eigenvalue weighted by molar-refractivity contribution is 9.09. The minimum atomic E-state index is -0.359. The van der Waals surface area contributed by atoms with E-state index in [1.807, 2.05) is 6.92 Å². The van der Waals surface area contributed by atoms with Gasteiger partial charge in [-0.25, -0.2) is 0 Å². The summed E-state index contributed by atoms with van der Waals surface area (Å²) in [4.78, 5) is 80.4. The maximum atomic E-state index is 10.2. The molecule has 0 aliphatic rings. The van der Waals surface area contributed by atoms with Gasteiger partial charge in [-0.1, -0.05) is 71.4 Å². The fourth-order valence-electron chi connectivity index (χ4n) is 2.66. The van der Waals surface area contributed by atoms with E-state index in [-0.39, 0.29) is 41.9 Å². The molecule has 0 N–H and O–H groups in total. The molecule has 0 aromatic heterocycles. The van der Waals surface area contributed by atoms with Gasteiger partial charge in [-0.05, 0) is 157 Å². The fraction of sp³-hybridized carbons (Fsp3) is 0.778. The molecule has 20 heteroatoms. The van der Waals surface area contributed by atoms with Crippen LogP contribution in [0.25, 0.3) is 0 Å². The lowest BCUT2D eigenvalue weighted by atomic mass is 10.2. The highest BCUT2D eigenvalue weighted by Gasteiger charge is 1.99. The standard InChI is InChI=1S/C6H10BrClO.C6H8Cl2O2.C6H11ClO.C5H8Cl2O.C5H9ClO.C4H6BrClO.C4H6Cl2O/c7-5-3-1-2-4-6(8)9;7-5(9)3-1-2-4-6(8)10;1-2-3-4-5-6(7)8;6-4-2-1-3-5(7)8;1-2-3-4-5(6)7;2*5-3-1-2-4(6)7/h1-5H2;1-4H2;2-5H2,1H3;1-4H2;2-4H2,1H3;2*1-3H2. The normalized spacial score (nSPS) is 9.18. The van der Waals surface area contributed by atoms with E-state index in [2.05, 4.69) is 38.8 Å². The summed E-state index contributed by atoms with van der Waals surface area (Å²) in [6.45, 7) is 4.12. The summed E-state index contributed by atoms with van der Waals surface area (Å²) in [6.07, 6.45) is 16.3. The van der Waals surface area contributed by atoms with Gasteiger partial charge in [0.15, 0.2) is 0 Å². The molecule has 0 unspecified atom stereocenters. The molecule has 0 aromatic rings. The summed E-state index contributed by atoms with van der Waals surface area (Å²) in [5, 5.41) is -0.321. The van der Waals surface area contributed by atoms with Crippen molar-refractivity contribution in [2.45, 2.75) is 155 Å². The van der Waals surface area contributed by atoms with E-state index >= 15 is 0 Å². The zero-order valence-electron chi connectivity index (χ0n) is 32.2. The van der Waals surface area contributed by atoms with E-state index in [9.17, 15) is 38.4 Å². The molecule has 8 nitrogen and oxygen atoms in total. The summed E-state index contributed by atoms with van der Waals surface area (Å²) in [5.74, 6) is 1.13. The number of rotatable bonds is 27. The van der Waals surface area contributed by atoms with Crippen LogP contribution in [0.3, 0.4) is 0 Å². The highest BCUT2D eigenvalue weighted by atomic mass is 79.9. The molecular formula is C36H58Br2Cl10O8. The van der Waals surface area contributed by atoms with Gasteiger partial charge in [0, 0.05) is 73.8 Å². The van der Waals surface area contributed by atoms with E-state index in [4.69, 9.17) is 116 Å². The van der Waals surface area contributed by atoms with Crippen LogP contribution in [0.15, 0.2) is 0 Å². The average molecular weight is 1130 g/mol. The molecule has 0 atom stereocenters. The first-order valence-electron chi connectivity index (χ1n) is 18.0. The van der Waals surface area contributed by atoms with Crippen LogP contribution in [-0.4, -0.2) is 64.4 Å². The van der Waals surface area contributed by atoms with Gasteiger partial charge in [0.25, 0.3) is 0 Å². The summed E-state index contributed by atoms with van der Waals surface area (Å²) in [6, 6.07) is 0. The summed E-state index contributed by atoms with van der Waals surface area (Å²) < 4.78 is 0. The smallest absolute Gasteiger partial charge is 0.221 e. The summed E-state index contributed by atoms with van der Waals surface area (Å²) >= 11 is 57.3. The van der Waals surface area contributed by atoms with E-state index in [0.717, 1.165) is 81.3 Å². The predicted octanol–water partition coefficient (Wildman–Crippen LogP) is 14.9. The molecule has 0 aromatic carbocycles. The SMILES string of the molecule is CCCCC(=O)Cl.CCCCCC(=O)Cl.O=C(Cl)CCCBr.O=C(Cl)CCCCC(=O)Cl.O=C(Cl)CCCCCBr.O=C(Cl)CCCCCl.O=C(Cl)CCCCl. The molecule has 0 bridgehead atoms. The van der Waals surface area contributed by atoms with Crippen molar-refractivity contribution in [3.05, 3.63) is 0 Å². The van der Waals surface area contributed by atoms with Crippen molar-refractivity contribution in [2.24, 2.45) is 0 Å². The molecule has 0 saturated carbocycles. The largest absolute Gasteiger partial charge is 0.281 e. The third kappa shape index (κ3) is 124. The van der Waals surface area contributed by atoms with Gasteiger partial charge in [-0.2, -0.15) is 0 Å². The number of alkyl halides is 4. The van der Waals surface area contributed by atoms with Gasteiger partial charge in [-0.15, -0.1) is 23.2 Å². The molecular weight excluding hydrogens is 1070 g/mol. The van der Waals surface area contributed by atoms with Crippen molar-refractivity contribution in [2.75, 3.05) is 22.4 Å². The molecule has 0 rings (SSSR count). The maximum Gasteiger partial charge on any atom is 0.221 e. The zero-order valence-corrected chi connectivity index (χ0v) is 42.9. The number of hydrogen-bond donors (Lipinski definition) is 0. The molecule has 0 amide bonds. The Bertz CT molecular complexity index is 888. The molecule has 56 heavy (non-hydrogen) atoms. The van der Waals surface area contributed by atoms with Crippen molar-refractivity contribution in [1.29, 1.82) is 0 Å². The maximum absolute atomic E-state index is 10.2. The van der Waals surface area contributed by atoms with Crippen molar-refractivity contribution in [3.63, 3.8) is 0 Å². The minimum absolute atomic E-state index is 0.210. The van der Waals surface area contributed by atoms with Crippen LogP contribution in [0.4, 0.5) is 0 Å². The molecule has 0 spiro atoms. The lowest BCUT2D eigenvalue weighted by Gasteiger charge is -1.91. The quantitative estimate of drug-likeness (QED) is 0.0450. The third-order valence-electron chi connectivity index (χ3n) is 5.48. The van der Waals surface area contributed by atoms with Crippen LogP contribution >= 0.6 is 148 Å². The van der Waals surface area contributed by atoms with Gasteiger partial charge in [0.05, 0.1) is 0 Å². The summed E-state index contributed by atoms with van der Waals surface area (Å²) in [7, 11) is 0. The Morgan fingerprint density at radius 1 is 0.304 bits per heavy atom. The Hall–Kier alpha value is 1.22.